The molecule has 1 aromatic heterocycles. The molecule has 0 saturated heterocycles. The van der Waals surface area contributed by atoms with E-state index in [2.05, 4.69) is 21.8 Å². The smallest absolute Gasteiger partial charge is 0.115 e. The van der Waals surface area contributed by atoms with Crippen LogP contribution >= 0.6 is 0 Å². The number of hydrogen-bond acceptors (Lipinski definition) is 3. The highest BCUT2D eigenvalue weighted by Crippen LogP contribution is 2.02. The molecule has 3 nitrogen and oxygen atoms in total. The number of rotatable bonds is 1. The maximum Gasteiger partial charge on any atom is 0.115 e. The standard InChI is InChI=1S/C10H13N3/c1-3-10(2,11)5-4-9-6-12-8-13-7-9/h6-8H,3,11H2,1-2H3. The zero-order chi connectivity index (χ0) is 9.73. The zero-order valence-corrected chi connectivity index (χ0v) is 7.91. The van der Waals surface area contributed by atoms with Crippen LogP contribution in [0.15, 0.2) is 18.7 Å². The molecule has 1 unspecified atom stereocenters. The normalized spacial score (nSPS) is 14.1. The fourth-order valence-electron chi connectivity index (χ4n) is 0.667. The second kappa shape index (κ2) is 4.01. The molecule has 0 aliphatic heterocycles. The van der Waals surface area contributed by atoms with E-state index in [4.69, 9.17) is 5.73 Å². The van der Waals surface area contributed by atoms with Gasteiger partial charge in [-0.2, -0.15) is 0 Å². The minimum absolute atomic E-state index is 0.421. The first-order chi connectivity index (χ1) is 6.14. The monoisotopic (exact) mass is 175 g/mol. The fourth-order valence-corrected chi connectivity index (χ4v) is 0.667. The molecular formula is C10H13N3. The molecule has 13 heavy (non-hydrogen) atoms. The highest BCUT2D eigenvalue weighted by atomic mass is 14.8. The van der Waals surface area contributed by atoms with Crippen molar-refractivity contribution in [3.63, 3.8) is 0 Å². The lowest BCUT2D eigenvalue weighted by atomic mass is 10.0. The summed E-state index contributed by atoms with van der Waals surface area (Å²) in [6.45, 7) is 3.92. The average Bonchev–Trinajstić information content (AvgIpc) is 2.17. The number of nitrogens with two attached hydrogens (primary N) is 1. The molecule has 1 heterocycles. The van der Waals surface area contributed by atoms with Gasteiger partial charge in [-0.15, -0.1) is 0 Å². The summed E-state index contributed by atoms with van der Waals surface area (Å²) in [5.74, 6) is 5.91. The summed E-state index contributed by atoms with van der Waals surface area (Å²) in [6, 6.07) is 0. The summed E-state index contributed by atoms with van der Waals surface area (Å²) in [6.07, 6.45) is 5.65. The van der Waals surface area contributed by atoms with Gasteiger partial charge in [0.15, 0.2) is 0 Å². The third-order valence-electron chi connectivity index (χ3n) is 1.79. The van der Waals surface area contributed by atoms with Crippen LogP contribution in [0, 0.1) is 11.8 Å². The van der Waals surface area contributed by atoms with Crippen LogP contribution in [0.5, 0.6) is 0 Å². The third kappa shape index (κ3) is 3.22. The molecule has 0 aromatic carbocycles. The molecule has 1 atom stereocenters. The number of nitrogens with zero attached hydrogens (tertiary/aromatic N) is 2. The molecule has 0 radical (unpaired) electrons. The average molecular weight is 175 g/mol. The van der Waals surface area contributed by atoms with Crippen LogP contribution in [0.1, 0.15) is 25.8 Å². The summed E-state index contributed by atoms with van der Waals surface area (Å²) in [7, 11) is 0. The highest BCUT2D eigenvalue weighted by Gasteiger charge is 2.09. The van der Waals surface area contributed by atoms with Gasteiger partial charge in [0.1, 0.15) is 6.33 Å². The summed E-state index contributed by atoms with van der Waals surface area (Å²) in [4.78, 5) is 7.71. The lowest BCUT2D eigenvalue weighted by molar-refractivity contribution is 0.586. The molecule has 0 amide bonds. The van der Waals surface area contributed by atoms with Gasteiger partial charge in [0.25, 0.3) is 0 Å². The van der Waals surface area contributed by atoms with Crippen molar-refractivity contribution in [1.29, 1.82) is 0 Å². The molecule has 0 fully saturated rings. The Balaban J connectivity index is 2.79. The van der Waals surface area contributed by atoms with E-state index < -0.39 is 5.54 Å². The van der Waals surface area contributed by atoms with E-state index in [1.165, 1.54) is 6.33 Å². The highest BCUT2D eigenvalue weighted by molar-refractivity contribution is 5.32. The predicted octanol–water partition coefficient (Wildman–Crippen LogP) is 0.956. The first-order valence-corrected chi connectivity index (χ1v) is 4.21. The van der Waals surface area contributed by atoms with Crippen LogP contribution in [-0.4, -0.2) is 15.5 Å². The molecular weight excluding hydrogens is 162 g/mol. The Hall–Kier alpha value is -1.40. The van der Waals surface area contributed by atoms with E-state index >= 15 is 0 Å². The Kier molecular flexibility index (Phi) is 2.99. The molecule has 68 valence electrons. The quantitative estimate of drug-likeness (QED) is 0.647. The van der Waals surface area contributed by atoms with Crippen molar-refractivity contribution >= 4 is 0 Å². The molecule has 0 aliphatic carbocycles. The van der Waals surface area contributed by atoms with Gasteiger partial charge in [0, 0.05) is 12.4 Å². The van der Waals surface area contributed by atoms with Crippen LogP contribution in [0.25, 0.3) is 0 Å². The molecule has 0 bridgehead atoms. The second-order valence-corrected chi connectivity index (χ2v) is 3.15. The van der Waals surface area contributed by atoms with Gasteiger partial charge in [0.2, 0.25) is 0 Å². The van der Waals surface area contributed by atoms with Gasteiger partial charge in [-0.1, -0.05) is 18.8 Å². The Bertz CT molecular complexity index is 319. The van der Waals surface area contributed by atoms with E-state index in [1.54, 1.807) is 12.4 Å². The Labute approximate surface area is 78.4 Å². The van der Waals surface area contributed by atoms with Crippen molar-refractivity contribution in [1.82, 2.24) is 9.97 Å². The van der Waals surface area contributed by atoms with Crippen molar-refractivity contribution < 1.29 is 0 Å². The summed E-state index contributed by atoms with van der Waals surface area (Å²) >= 11 is 0. The van der Waals surface area contributed by atoms with Crippen molar-refractivity contribution in [2.24, 2.45) is 5.73 Å². The van der Waals surface area contributed by atoms with Crippen molar-refractivity contribution in [3.05, 3.63) is 24.3 Å². The second-order valence-electron chi connectivity index (χ2n) is 3.15. The maximum atomic E-state index is 5.85. The van der Waals surface area contributed by atoms with Gasteiger partial charge in [0.05, 0.1) is 11.1 Å². The molecule has 3 heteroatoms. The molecule has 0 aliphatic rings. The van der Waals surface area contributed by atoms with Crippen LogP contribution in [-0.2, 0) is 0 Å². The van der Waals surface area contributed by atoms with E-state index in [1.807, 2.05) is 13.8 Å². The molecule has 2 N–H and O–H groups in total. The van der Waals surface area contributed by atoms with E-state index in [9.17, 15) is 0 Å². The lowest BCUT2D eigenvalue weighted by Crippen LogP contribution is -2.32. The van der Waals surface area contributed by atoms with Gasteiger partial charge in [-0.25, -0.2) is 9.97 Å². The van der Waals surface area contributed by atoms with Crippen LogP contribution in [0.3, 0.4) is 0 Å². The molecule has 1 rings (SSSR count). The van der Waals surface area contributed by atoms with Crippen molar-refractivity contribution in [2.45, 2.75) is 25.8 Å². The number of hydrogen-bond donors (Lipinski definition) is 1. The van der Waals surface area contributed by atoms with Crippen molar-refractivity contribution in [3.8, 4) is 11.8 Å². The molecule has 0 saturated carbocycles. The largest absolute Gasteiger partial charge is 0.315 e. The topological polar surface area (TPSA) is 51.8 Å². The van der Waals surface area contributed by atoms with E-state index in [0.717, 1.165) is 12.0 Å². The first-order valence-electron chi connectivity index (χ1n) is 4.21. The summed E-state index contributed by atoms with van der Waals surface area (Å²) < 4.78 is 0. The lowest BCUT2D eigenvalue weighted by Gasteiger charge is -2.13. The van der Waals surface area contributed by atoms with Gasteiger partial charge in [-0.3, -0.25) is 0 Å². The van der Waals surface area contributed by atoms with Crippen LogP contribution in [0.2, 0.25) is 0 Å². The SMILES string of the molecule is CCC(C)(N)C#Cc1cncnc1. The first kappa shape index (κ1) is 9.69. The predicted molar refractivity (Wildman–Crippen MR) is 51.8 cm³/mol. The summed E-state index contributed by atoms with van der Waals surface area (Å²) in [5.41, 5.74) is 6.23. The Morgan fingerprint density at radius 2 is 2.08 bits per heavy atom. The molecule has 1 aromatic rings. The maximum absolute atomic E-state index is 5.85. The van der Waals surface area contributed by atoms with Gasteiger partial charge >= 0.3 is 0 Å². The minimum atomic E-state index is -0.421. The van der Waals surface area contributed by atoms with Crippen LogP contribution < -0.4 is 5.73 Å². The Morgan fingerprint density at radius 1 is 1.46 bits per heavy atom. The fraction of sp³-hybridized carbons (Fsp3) is 0.400. The minimum Gasteiger partial charge on any atom is -0.315 e. The van der Waals surface area contributed by atoms with Gasteiger partial charge < -0.3 is 5.73 Å². The zero-order valence-electron chi connectivity index (χ0n) is 7.91. The number of aromatic nitrogens is 2. The summed E-state index contributed by atoms with van der Waals surface area (Å²) in [5, 5.41) is 0. The third-order valence-corrected chi connectivity index (χ3v) is 1.79. The van der Waals surface area contributed by atoms with Crippen molar-refractivity contribution in [2.75, 3.05) is 0 Å². The molecule has 0 spiro atoms. The van der Waals surface area contributed by atoms with Gasteiger partial charge in [-0.05, 0) is 13.3 Å². The van der Waals surface area contributed by atoms with E-state index in [0.29, 0.717) is 0 Å². The Morgan fingerprint density at radius 3 is 2.62 bits per heavy atom. The van der Waals surface area contributed by atoms with Crippen LogP contribution in [0.4, 0.5) is 0 Å². The van der Waals surface area contributed by atoms with E-state index in [-0.39, 0.29) is 0 Å².